The summed E-state index contributed by atoms with van der Waals surface area (Å²) in [5.74, 6) is -2.74. The molecule has 0 bridgehead atoms. The highest BCUT2D eigenvalue weighted by molar-refractivity contribution is 7.14. The van der Waals surface area contributed by atoms with E-state index in [1.54, 1.807) is 17.5 Å². The van der Waals surface area contributed by atoms with Crippen molar-refractivity contribution in [2.75, 3.05) is 11.9 Å². The number of nitrogens with zero attached hydrogens (tertiary/aromatic N) is 1. The van der Waals surface area contributed by atoms with Gasteiger partial charge in [-0.15, -0.1) is 11.3 Å². The fraction of sp³-hybridized carbons (Fsp3) is 0.333. The number of hydrogen-bond donors (Lipinski definition) is 2. The molecule has 2 N–H and O–H groups in total. The van der Waals surface area contributed by atoms with E-state index in [2.05, 4.69) is 15.6 Å². The average molecular weight is 299 g/mol. The summed E-state index contributed by atoms with van der Waals surface area (Å²) < 4.78 is 31.2. The van der Waals surface area contributed by atoms with Crippen molar-refractivity contribution in [2.45, 2.75) is 18.4 Å². The molecule has 2 aromatic rings. The van der Waals surface area contributed by atoms with Crippen LogP contribution >= 0.6 is 11.3 Å². The van der Waals surface area contributed by atoms with Crippen molar-refractivity contribution in [3.8, 4) is 11.5 Å². The Morgan fingerprint density at radius 1 is 1.60 bits per heavy atom. The molecule has 3 heterocycles. The molecule has 1 atom stereocenters. The molecule has 1 aliphatic rings. The molecule has 1 unspecified atom stereocenters. The molecule has 1 aliphatic heterocycles. The number of halogens is 2. The van der Waals surface area contributed by atoms with Gasteiger partial charge in [-0.2, -0.15) is 0 Å². The molecule has 2 aromatic heterocycles. The lowest BCUT2D eigenvalue weighted by Gasteiger charge is -2.08. The first kappa shape index (κ1) is 13.2. The topological polar surface area (TPSA) is 67.2 Å². The van der Waals surface area contributed by atoms with Crippen molar-refractivity contribution < 1.29 is 18.0 Å². The van der Waals surface area contributed by atoms with Crippen LogP contribution in [-0.2, 0) is 4.79 Å². The first-order valence-electron chi connectivity index (χ1n) is 5.95. The Bertz CT molecular complexity index is 612. The molecule has 3 rings (SSSR count). The van der Waals surface area contributed by atoms with Gasteiger partial charge in [0.1, 0.15) is 5.69 Å². The van der Waals surface area contributed by atoms with Gasteiger partial charge in [-0.05, 0) is 12.1 Å². The number of furan rings is 1. The molecule has 8 heteroatoms. The van der Waals surface area contributed by atoms with Crippen LogP contribution in [-0.4, -0.2) is 29.4 Å². The van der Waals surface area contributed by atoms with Crippen LogP contribution in [0.25, 0.3) is 11.5 Å². The van der Waals surface area contributed by atoms with E-state index in [1.165, 1.54) is 17.6 Å². The fourth-order valence-corrected chi connectivity index (χ4v) is 2.66. The van der Waals surface area contributed by atoms with Crippen LogP contribution < -0.4 is 10.6 Å². The van der Waals surface area contributed by atoms with Crippen LogP contribution in [0.15, 0.2) is 28.2 Å². The van der Waals surface area contributed by atoms with Crippen molar-refractivity contribution >= 4 is 22.4 Å². The number of nitrogens with one attached hydrogen (secondary N) is 2. The third kappa shape index (κ3) is 2.70. The third-order valence-electron chi connectivity index (χ3n) is 2.93. The van der Waals surface area contributed by atoms with Gasteiger partial charge in [0.2, 0.25) is 5.91 Å². The zero-order valence-electron chi connectivity index (χ0n) is 10.2. The number of hydrogen-bond acceptors (Lipinski definition) is 5. The second-order valence-corrected chi connectivity index (χ2v) is 5.36. The SMILES string of the molecule is O=C(Nc1nc(-c2ccco2)cs1)C1CC(F)(F)CN1. The van der Waals surface area contributed by atoms with Gasteiger partial charge in [0.15, 0.2) is 10.9 Å². The molecule has 106 valence electrons. The molecule has 20 heavy (non-hydrogen) atoms. The first-order valence-corrected chi connectivity index (χ1v) is 6.83. The van der Waals surface area contributed by atoms with E-state index in [1.807, 2.05) is 0 Å². The van der Waals surface area contributed by atoms with E-state index in [-0.39, 0.29) is 0 Å². The van der Waals surface area contributed by atoms with Gasteiger partial charge in [0.05, 0.1) is 18.8 Å². The van der Waals surface area contributed by atoms with Crippen molar-refractivity contribution in [1.82, 2.24) is 10.3 Å². The van der Waals surface area contributed by atoms with E-state index in [0.29, 0.717) is 16.6 Å². The van der Waals surface area contributed by atoms with Gasteiger partial charge < -0.3 is 9.73 Å². The molecule has 0 aromatic carbocycles. The smallest absolute Gasteiger partial charge is 0.262 e. The third-order valence-corrected chi connectivity index (χ3v) is 3.69. The standard InChI is InChI=1S/C12H11F2N3O2S/c13-12(14)4-7(15-6-12)10(18)17-11-16-8(5-20-11)9-2-1-3-19-9/h1-3,5,7,15H,4,6H2,(H,16,17,18). The first-order chi connectivity index (χ1) is 9.53. The maximum atomic E-state index is 13.0. The average Bonchev–Trinajstić information content (AvgIpc) is 3.07. The zero-order chi connectivity index (χ0) is 14.2. The maximum absolute atomic E-state index is 13.0. The van der Waals surface area contributed by atoms with E-state index < -0.39 is 30.8 Å². The highest BCUT2D eigenvalue weighted by atomic mass is 32.1. The molecule has 1 amide bonds. The van der Waals surface area contributed by atoms with E-state index in [9.17, 15) is 13.6 Å². The summed E-state index contributed by atoms with van der Waals surface area (Å²) in [6.45, 7) is -0.472. The summed E-state index contributed by atoms with van der Waals surface area (Å²) in [6.07, 6.45) is 1.03. The molecule has 0 radical (unpaired) electrons. The number of rotatable bonds is 3. The summed E-state index contributed by atoms with van der Waals surface area (Å²) in [7, 11) is 0. The number of carbonyl (C=O) groups excluding carboxylic acids is 1. The molecule has 5 nitrogen and oxygen atoms in total. The molecule has 1 saturated heterocycles. The summed E-state index contributed by atoms with van der Waals surface area (Å²) in [4.78, 5) is 16.0. The minimum absolute atomic E-state index is 0.360. The molecule has 0 aliphatic carbocycles. The summed E-state index contributed by atoms with van der Waals surface area (Å²) in [6, 6.07) is 2.60. The lowest BCUT2D eigenvalue weighted by Crippen LogP contribution is -2.35. The predicted octanol–water partition coefficient (Wildman–Crippen LogP) is 2.34. The Balaban J connectivity index is 1.65. The minimum atomic E-state index is -2.83. The van der Waals surface area contributed by atoms with Crippen LogP contribution in [0.1, 0.15) is 6.42 Å². The number of alkyl halides is 2. The van der Waals surface area contributed by atoms with E-state index in [4.69, 9.17) is 4.42 Å². The van der Waals surface area contributed by atoms with Crippen molar-refractivity contribution in [3.05, 3.63) is 23.8 Å². The summed E-state index contributed by atoms with van der Waals surface area (Å²) in [5, 5.41) is 7.12. The second kappa shape index (κ2) is 4.95. The van der Waals surface area contributed by atoms with E-state index in [0.717, 1.165) is 0 Å². The van der Waals surface area contributed by atoms with Gasteiger partial charge >= 0.3 is 0 Å². The highest BCUT2D eigenvalue weighted by Crippen LogP contribution is 2.28. The molecule has 1 fully saturated rings. The van der Waals surface area contributed by atoms with Gasteiger partial charge in [0.25, 0.3) is 5.92 Å². The number of thiazole rings is 1. The largest absolute Gasteiger partial charge is 0.463 e. The van der Waals surface area contributed by atoms with Crippen molar-refractivity contribution in [2.24, 2.45) is 0 Å². The fourth-order valence-electron chi connectivity index (χ4n) is 1.96. The zero-order valence-corrected chi connectivity index (χ0v) is 11.0. The van der Waals surface area contributed by atoms with Crippen LogP contribution in [0.3, 0.4) is 0 Å². The maximum Gasteiger partial charge on any atom is 0.262 e. The lowest BCUT2D eigenvalue weighted by atomic mass is 10.2. The number of carbonyl (C=O) groups is 1. The Hall–Kier alpha value is -1.80. The van der Waals surface area contributed by atoms with Gasteiger partial charge in [0, 0.05) is 11.8 Å². The monoisotopic (exact) mass is 299 g/mol. The Morgan fingerprint density at radius 2 is 2.45 bits per heavy atom. The second-order valence-electron chi connectivity index (χ2n) is 4.50. The minimum Gasteiger partial charge on any atom is -0.463 e. The number of aromatic nitrogens is 1. The lowest BCUT2D eigenvalue weighted by molar-refractivity contribution is -0.118. The van der Waals surface area contributed by atoms with Crippen LogP contribution in [0.2, 0.25) is 0 Å². The quantitative estimate of drug-likeness (QED) is 0.913. The van der Waals surface area contributed by atoms with Gasteiger partial charge in [-0.25, -0.2) is 13.8 Å². The molecular formula is C12H11F2N3O2S. The van der Waals surface area contributed by atoms with Crippen LogP contribution in [0, 0.1) is 0 Å². The molecular weight excluding hydrogens is 288 g/mol. The predicted molar refractivity (Wildman–Crippen MR) is 69.8 cm³/mol. The van der Waals surface area contributed by atoms with Gasteiger partial charge in [-0.1, -0.05) is 0 Å². The summed E-state index contributed by atoms with van der Waals surface area (Å²) in [5.41, 5.74) is 0.597. The molecule has 0 spiro atoms. The normalized spacial score (nSPS) is 21.0. The van der Waals surface area contributed by atoms with Crippen molar-refractivity contribution in [3.63, 3.8) is 0 Å². The summed E-state index contributed by atoms with van der Waals surface area (Å²) >= 11 is 1.22. The van der Waals surface area contributed by atoms with E-state index >= 15 is 0 Å². The van der Waals surface area contributed by atoms with Crippen molar-refractivity contribution in [1.29, 1.82) is 0 Å². The van der Waals surface area contributed by atoms with Gasteiger partial charge in [-0.3, -0.25) is 10.1 Å². The van der Waals surface area contributed by atoms with Crippen LogP contribution in [0.5, 0.6) is 0 Å². The Morgan fingerprint density at radius 3 is 3.10 bits per heavy atom. The number of amides is 1. The molecule has 0 saturated carbocycles. The number of anilines is 1. The van der Waals surface area contributed by atoms with Crippen LogP contribution in [0.4, 0.5) is 13.9 Å². The Labute approximate surface area is 117 Å². The Kier molecular flexibility index (Phi) is 3.27. The highest BCUT2D eigenvalue weighted by Gasteiger charge is 2.42.